The predicted octanol–water partition coefficient (Wildman–Crippen LogP) is 1.59. The lowest BCUT2D eigenvalue weighted by molar-refractivity contribution is -0.0202. The minimum atomic E-state index is -0.540. The molecule has 0 aromatic carbocycles. The molecule has 1 saturated carbocycles. The standard InChI is InChI=1S/C12H16N4O/c1-8-5-13-10-9(8)11(16-7-15-10)14-6-12(17)3-2-4-12/h5,7,17H,2-4,6H2,1H3,(H2,13,14,15,16). The largest absolute Gasteiger partial charge is 0.388 e. The van der Waals surface area contributed by atoms with E-state index in [4.69, 9.17) is 0 Å². The van der Waals surface area contributed by atoms with E-state index in [2.05, 4.69) is 20.3 Å². The van der Waals surface area contributed by atoms with Crippen LogP contribution in [0.4, 0.5) is 5.82 Å². The summed E-state index contributed by atoms with van der Waals surface area (Å²) >= 11 is 0. The Hall–Kier alpha value is -1.62. The van der Waals surface area contributed by atoms with Crippen LogP contribution in [0.5, 0.6) is 0 Å². The fourth-order valence-electron chi connectivity index (χ4n) is 2.26. The number of nitrogens with zero attached hydrogens (tertiary/aromatic N) is 2. The highest BCUT2D eigenvalue weighted by molar-refractivity contribution is 5.90. The Morgan fingerprint density at radius 3 is 3.00 bits per heavy atom. The smallest absolute Gasteiger partial charge is 0.143 e. The van der Waals surface area contributed by atoms with Crippen LogP contribution in [0.25, 0.3) is 11.0 Å². The van der Waals surface area contributed by atoms with Crippen molar-refractivity contribution < 1.29 is 5.11 Å². The van der Waals surface area contributed by atoms with E-state index < -0.39 is 5.60 Å². The molecule has 1 aliphatic carbocycles. The van der Waals surface area contributed by atoms with Crippen LogP contribution in [0.2, 0.25) is 0 Å². The Kier molecular flexibility index (Phi) is 2.29. The highest BCUT2D eigenvalue weighted by Crippen LogP contribution is 2.32. The molecule has 0 spiro atoms. The zero-order valence-electron chi connectivity index (χ0n) is 9.82. The number of fused-ring (bicyclic) bond motifs is 1. The molecule has 3 rings (SSSR count). The van der Waals surface area contributed by atoms with Gasteiger partial charge in [-0.1, -0.05) is 0 Å². The Morgan fingerprint density at radius 2 is 2.29 bits per heavy atom. The molecule has 0 unspecified atom stereocenters. The molecule has 0 amide bonds. The van der Waals surface area contributed by atoms with Gasteiger partial charge >= 0.3 is 0 Å². The maximum absolute atomic E-state index is 10.0. The van der Waals surface area contributed by atoms with Gasteiger partial charge in [-0.05, 0) is 31.7 Å². The van der Waals surface area contributed by atoms with Gasteiger partial charge in [0.25, 0.3) is 0 Å². The van der Waals surface area contributed by atoms with E-state index in [1.165, 1.54) is 6.33 Å². The van der Waals surface area contributed by atoms with Crippen LogP contribution in [0.1, 0.15) is 24.8 Å². The Balaban J connectivity index is 1.87. The third-order valence-electron chi connectivity index (χ3n) is 3.54. The van der Waals surface area contributed by atoms with Gasteiger partial charge in [-0.25, -0.2) is 9.97 Å². The lowest BCUT2D eigenvalue weighted by atomic mass is 9.80. The van der Waals surface area contributed by atoms with Crippen LogP contribution < -0.4 is 5.32 Å². The minimum absolute atomic E-state index is 0.540. The summed E-state index contributed by atoms with van der Waals surface area (Å²) in [5.74, 6) is 0.800. The van der Waals surface area contributed by atoms with Gasteiger partial charge in [-0.3, -0.25) is 0 Å². The number of H-pyrrole nitrogens is 1. The summed E-state index contributed by atoms with van der Waals surface area (Å²) < 4.78 is 0. The van der Waals surface area contributed by atoms with Crippen molar-refractivity contribution in [3.63, 3.8) is 0 Å². The van der Waals surface area contributed by atoms with Crippen LogP contribution >= 0.6 is 0 Å². The first kappa shape index (κ1) is 10.5. The minimum Gasteiger partial charge on any atom is -0.388 e. The summed E-state index contributed by atoms with van der Waals surface area (Å²) in [4.78, 5) is 11.5. The zero-order chi connectivity index (χ0) is 11.9. The molecule has 0 atom stereocenters. The van der Waals surface area contributed by atoms with E-state index >= 15 is 0 Å². The van der Waals surface area contributed by atoms with Crippen molar-refractivity contribution in [1.82, 2.24) is 15.0 Å². The number of aryl methyl sites for hydroxylation is 1. The van der Waals surface area contributed by atoms with Gasteiger partial charge in [0.05, 0.1) is 11.0 Å². The molecule has 17 heavy (non-hydrogen) atoms. The van der Waals surface area contributed by atoms with Gasteiger partial charge in [0, 0.05) is 12.7 Å². The lowest BCUT2D eigenvalue weighted by Crippen LogP contribution is -2.43. The van der Waals surface area contributed by atoms with Gasteiger partial charge in [-0.15, -0.1) is 0 Å². The van der Waals surface area contributed by atoms with E-state index in [1.807, 2.05) is 13.1 Å². The fourth-order valence-corrected chi connectivity index (χ4v) is 2.26. The normalized spacial score (nSPS) is 18.0. The van der Waals surface area contributed by atoms with E-state index in [0.29, 0.717) is 6.54 Å². The molecule has 2 aromatic rings. The molecule has 2 aromatic heterocycles. The number of aromatic nitrogens is 3. The zero-order valence-corrected chi connectivity index (χ0v) is 9.82. The Morgan fingerprint density at radius 1 is 1.47 bits per heavy atom. The number of nitrogens with one attached hydrogen (secondary N) is 2. The maximum atomic E-state index is 10.0. The molecular formula is C12H16N4O. The third kappa shape index (κ3) is 1.76. The summed E-state index contributed by atoms with van der Waals surface area (Å²) in [6.07, 6.45) is 6.31. The molecule has 1 fully saturated rings. The van der Waals surface area contributed by atoms with Gasteiger partial charge in [-0.2, -0.15) is 0 Å². The van der Waals surface area contributed by atoms with Crippen molar-refractivity contribution in [3.05, 3.63) is 18.1 Å². The van der Waals surface area contributed by atoms with Crippen LogP contribution in [0.3, 0.4) is 0 Å². The third-order valence-corrected chi connectivity index (χ3v) is 3.54. The molecular weight excluding hydrogens is 216 g/mol. The van der Waals surface area contributed by atoms with Crippen molar-refractivity contribution in [2.75, 3.05) is 11.9 Å². The molecule has 0 radical (unpaired) electrons. The SMILES string of the molecule is Cc1c[nH]c2ncnc(NCC3(O)CCC3)c12. The number of hydrogen-bond donors (Lipinski definition) is 3. The van der Waals surface area contributed by atoms with Crippen molar-refractivity contribution in [2.24, 2.45) is 0 Å². The first-order valence-electron chi connectivity index (χ1n) is 5.93. The highest BCUT2D eigenvalue weighted by Gasteiger charge is 2.34. The molecule has 5 heteroatoms. The maximum Gasteiger partial charge on any atom is 0.143 e. The van der Waals surface area contributed by atoms with E-state index in [1.54, 1.807) is 0 Å². The molecule has 2 heterocycles. The fraction of sp³-hybridized carbons (Fsp3) is 0.500. The quantitative estimate of drug-likeness (QED) is 0.751. The van der Waals surface area contributed by atoms with Crippen LogP contribution in [0.15, 0.2) is 12.5 Å². The van der Waals surface area contributed by atoms with Gasteiger partial charge < -0.3 is 15.4 Å². The van der Waals surface area contributed by atoms with Gasteiger partial charge in [0.2, 0.25) is 0 Å². The van der Waals surface area contributed by atoms with E-state index in [0.717, 1.165) is 41.7 Å². The van der Waals surface area contributed by atoms with E-state index in [9.17, 15) is 5.11 Å². The first-order valence-corrected chi connectivity index (χ1v) is 5.93. The Bertz CT molecular complexity index is 544. The van der Waals surface area contributed by atoms with Crippen molar-refractivity contribution in [3.8, 4) is 0 Å². The van der Waals surface area contributed by atoms with Crippen LogP contribution in [-0.2, 0) is 0 Å². The number of rotatable bonds is 3. The Labute approximate surface area is 99.3 Å². The van der Waals surface area contributed by atoms with Gasteiger partial charge in [0.15, 0.2) is 0 Å². The monoisotopic (exact) mass is 232 g/mol. The molecule has 3 N–H and O–H groups in total. The van der Waals surface area contributed by atoms with E-state index in [-0.39, 0.29) is 0 Å². The second-order valence-electron chi connectivity index (χ2n) is 4.85. The van der Waals surface area contributed by atoms with Crippen molar-refractivity contribution >= 4 is 16.9 Å². The summed E-state index contributed by atoms with van der Waals surface area (Å²) in [7, 11) is 0. The molecule has 0 saturated heterocycles. The van der Waals surface area contributed by atoms with Crippen molar-refractivity contribution in [1.29, 1.82) is 0 Å². The number of aromatic amines is 1. The molecule has 0 bridgehead atoms. The second-order valence-corrected chi connectivity index (χ2v) is 4.85. The highest BCUT2D eigenvalue weighted by atomic mass is 16.3. The predicted molar refractivity (Wildman–Crippen MR) is 65.9 cm³/mol. The summed E-state index contributed by atoms with van der Waals surface area (Å²) in [5.41, 5.74) is 1.41. The summed E-state index contributed by atoms with van der Waals surface area (Å²) in [5, 5.41) is 14.3. The summed E-state index contributed by atoms with van der Waals surface area (Å²) in [6.45, 7) is 2.58. The number of aliphatic hydroxyl groups is 1. The van der Waals surface area contributed by atoms with Crippen LogP contribution in [-0.4, -0.2) is 32.2 Å². The average molecular weight is 232 g/mol. The molecule has 0 aliphatic heterocycles. The van der Waals surface area contributed by atoms with Gasteiger partial charge in [0.1, 0.15) is 17.8 Å². The van der Waals surface area contributed by atoms with Crippen LogP contribution in [0, 0.1) is 6.92 Å². The summed E-state index contributed by atoms with van der Waals surface area (Å²) in [6, 6.07) is 0. The first-order chi connectivity index (χ1) is 8.18. The molecule has 1 aliphatic rings. The number of anilines is 1. The molecule has 5 nitrogen and oxygen atoms in total. The molecule has 90 valence electrons. The lowest BCUT2D eigenvalue weighted by Gasteiger charge is -2.36. The number of hydrogen-bond acceptors (Lipinski definition) is 4. The topological polar surface area (TPSA) is 73.8 Å². The average Bonchev–Trinajstić information content (AvgIpc) is 2.67. The second kappa shape index (κ2) is 3.70. The van der Waals surface area contributed by atoms with Crippen molar-refractivity contribution in [2.45, 2.75) is 31.8 Å².